The first-order chi connectivity index (χ1) is 14.1. The lowest BCUT2D eigenvalue weighted by atomic mass is 9.90. The molecule has 0 aliphatic carbocycles. The number of hydrogen-bond acceptors (Lipinski definition) is 6. The second-order valence-electron chi connectivity index (χ2n) is 8.02. The molecule has 0 saturated carbocycles. The average molecular weight is 416 g/mol. The zero-order chi connectivity index (χ0) is 20.3. The molecule has 4 rings (SSSR count). The molecule has 7 heteroatoms. The van der Waals surface area contributed by atoms with Crippen LogP contribution in [0.15, 0.2) is 29.8 Å². The van der Waals surface area contributed by atoms with Gasteiger partial charge in [-0.15, -0.1) is 11.3 Å². The van der Waals surface area contributed by atoms with E-state index >= 15 is 0 Å². The van der Waals surface area contributed by atoms with E-state index in [1.807, 2.05) is 29.5 Å². The third-order valence-electron chi connectivity index (χ3n) is 6.07. The number of nitrogens with zero attached hydrogens (tertiary/aromatic N) is 3. The van der Waals surface area contributed by atoms with Gasteiger partial charge in [0.1, 0.15) is 5.75 Å². The normalized spacial score (nSPS) is 20.1. The molecular formula is C22H29N3O3S. The molecule has 6 nitrogen and oxygen atoms in total. The van der Waals surface area contributed by atoms with Crippen molar-refractivity contribution in [2.75, 3.05) is 33.4 Å². The number of carbonyl (C=O) groups is 1. The minimum absolute atomic E-state index is 0.190. The Morgan fingerprint density at radius 3 is 2.62 bits per heavy atom. The number of hydrogen-bond donors (Lipinski definition) is 0. The van der Waals surface area contributed by atoms with E-state index in [9.17, 15) is 4.79 Å². The van der Waals surface area contributed by atoms with E-state index in [0.717, 1.165) is 43.9 Å². The number of aromatic nitrogens is 1. The Morgan fingerprint density at radius 2 is 1.97 bits per heavy atom. The lowest BCUT2D eigenvalue weighted by Crippen LogP contribution is -2.51. The summed E-state index contributed by atoms with van der Waals surface area (Å²) in [6.07, 6.45) is 2.37. The van der Waals surface area contributed by atoms with Gasteiger partial charge in [0.05, 0.1) is 50.0 Å². The van der Waals surface area contributed by atoms with Crippen molar-refractivity contribution in [2.24, 2.45) is 0 Å². The number of likely N-dealkylation sites (tertiary alicyclic amines) is 1. The van der Waals surface area contributed by atoms with Crippen LogP contribution in [-0.4, -0.2) is 59.6 Å². The monoisotopic (exact) mass is 415 g/mol. The van der Waals surface area contributed by atoms with Crippen LogP contribution in [0.1, 0.15) is 35.4 Å². The second-order valence-corrected chi connectivity index (χ2v) is 8.96. The number of aryl methyl sites for hydroxylation is 1. The fraction of sp³-hybridized carbons (Fsp3) is 0.545. The Morgan fingerprint density at radius 1 is 1.21 bits per heavy atom. The molecule has 3 heterocycles. The van der Waals surface area contributed by atoms with Crippen LogP contribution in [0.4, 0.5) is 0 Å². The zero-order valence-electron chi connectivity index (χ0n) is 17.2. The van der Waals surface area contributed by atoms with Crippen LogP contribution in [0.5, 0.6) is 5.75 Å². The Hall–Kier alpha value is -1.96. The van der Waals surface area contributed by atoms with Crippen molar-refractivity contribution in [3.8, 4) is 5.75 Å². The Labute approximate surface area is 176 Å². The van der Waals surface area contributed by atoms with E-state index in [1.165, 1.54) is 10.4 Å². The van der Waals surface area contributed by atoms with Gasteiger partial charge in [0.25, 0.3) is 0 Å². The van der Waals surface area contributed by atoms with Gasteiger partial charge >= 0.3 is 0 Å². The van der Waals surface area contributed by atoms with Gasteiger partial charge in [-0.05, 0) is 37.5 Å². The highest BCUT2D eigenvalue weighted by atomic mass is 32.1. The summed E-state index contributed by atoms with van der Waals surface area (Å²) in [7, 11) is 1.69. The number of thiazole rings is 1. The van der Waals surface area contributed by atoms with E-state index in [-0.39, 0.29) is 11.5 Å². The largest absolute Gasteiger partial charge is 0.497 e. The molecule has 0 atom stereocenters. The predicted octanol–water partition coefficient (Wildman–Crippen LogP) is 3.24. The number of amides is 1. The van der Waals surface area contributed by atoms with Gasteiger partial charge in [0.2, 0.25) is 5.91 Å². The number of benzene rings is 1. The molecule has 156 valence electrons. The van der Waals surface area contributed by atoms with Crippen molar-refractivity contribution in [2.45, 2.75) is 44.9 Å². The molecule has 0 unspecified atom stereocenters. The molecule has 1 aromatic heterocycles. The first kappa shape index (κ1) is 20.3. The van der Waals surface area contributed by atoms with E-state index in [2.05, 4.69) is 22.0 Å². The van der Waals surface area contributed by atoms with E-state index in [0.29, 0.717) is 26.1 Å². The molecular weight excluding hydrogens is 386 g/mol. The zero-order valence-corrected chi connectivity index (χ0v) is 18.0. The topological polar surface area (TPSA) is 54.9 Å². The highest BCUT2D eigenvalue weighted by Crippen LogP contribution is 2.32. The molecule has 1 spiro atoms. The number of rotatable bonds is 5. The molecule has 2 aliphatic heterocycles. The number of ether oxygens (including phenoxy) is 2. The Kier molecular flexibility index (Phi) is 6.18. The molecule has 29 heavy (non-hydrogen) atoms. The van der Waals surface area contributed by atoms with Crippen LogP contribution in [0, 0.1) is 6.92 Å². The van der Waals surface area contributed by atoms with Crippen LogP contribution >= 0.6 is 11.3 Å². The van der Waals surface area contributed by atoms with E-state index in [1.54, 1.807) is 18.4 Å². The Bertz CT molecular complexity index is 828. The molecule has 0 radical (unpaired) electrons. The molecule has 1 amide bonds. The fourth-order valence-electron chi connectivity index (χ4n) is 4.20. The lowest BCUT2D eigenvalue weighted by molar-refractivity contribution is -0.132. The molecule has 2 saturated heterocycles. The van der Waals surface area contributed by atoms with Crippen molar-refractivity contribution in [3.05, 3.63) is 45.9 Å². The number of piperidine rings is 1. The second kappa shape index (κ2) is 8.81. The highest BCUT2D eigenvalue weighted by molar-refractivity contribution is 7.09. The van der Waals surface area contributed by atoms with Crippen LogP contribution in [0.25, 0.3) is 0 Å². The molecule has 0 bridgehead atoms. The predicted molar refractivity (Wildman–Crippen MR) is 113 cm³/mol. The molecule has 0 N–H and O–H groups in total. The molecule has 2 fully saturated rings. The molecule has 1 aromatic carbocycles. The van der Waals surface area contributed by atoms with Crippen molar-refractivity contribution < 1.29 is 14.3 Å². The third-order valence-corrected chi connectivity index (χ3v) is 6.99. The van der Waals surface area contributed by atoms with Gasteiger partial charge in [0, 0.05) is 24.5 Å². The van der Waals surface area contributed by atoms with Crippen molar-refractivity contribution >= 4 is 17.2 Å². The quantitative estimate of drug-likeness (QED) is 0.750. The van der Waals surface area contributed by atoms with Crippen LogP contribution in [0.2, 0.25) is 0 Å². The minimum atomic E-state index is -0.221. The maximum atomic E-state index is 12.6. The standard InChI is InChI=1S/C22H29N3O3S/c1-17-20(29-16-23-17)14-25-15-22(28-12-7-21(25)26)8-10-24(11-9-22)13-18-3-5-19(27-2)6-4-18/h3-6,16H,7-15H2,1-2H3. The summed E-state index contributed by atoms with van der Waals surface area (Å²) in [5, 5.41) is 0. The van der Waals surface area contributed by atoms with Gasteiger partial charge in [-0.3, -0.25) is 9.69 Å². The smallest absolute Gasteiger partial charge is 0.225 e. The van der Waals surface area contributed by atoms with Gasteiger partial charge in [0.15, 0.2) is 0 Å². The van der Waals surface area contributed by atoms with Crippen molar-refractivity contribution in [3.63, 3.8) is 0 Å². The minimum Gasteiger partial charge on any atom is -0.497 e. The van der Waals surface area contributed by atoms with Crippen LogP contribution < -0.4 is 4.74 Å². The molecule has 2 aliphatic rings. The van der Waals surface area contributed by atoms with Gasteiger partial charge in [-0.2, -0.15) is 0 Å². The van der Waals surface area contributed by atoms with Crippen molar-refractivity contribution in [1.29, 1.82) is 0 Å². The van der Waals surface area contributed by atoms with E-state index in [4.69, 9.17) is 9.47 Å². The number of carbonyl (C=O) groups excluding carboxylic acids is 1. The third kappa shape index (κ3) is 4.79. The highest BCUT2D eigenvalue weighted by Gasteiger charge is 2.40. The summed E-state index contributed by atoms with van der Waals surface area (Å²) >= 11 is 1.63. The van der Waals surface area contributed by atoms with E-state index < -0.39 is 0 Å². The summed E-state index contributed by atoms with van der Waals surface area (Å²) in [6, 6.07) is 8.28. The van der Waals surface area contributed by atoms with Crippen LogP contribution in [-0.2, 0) is 22.6 Å². The summed E-state index contributed by atoms with van der Waals surface area (Å²) in [6.45, 7) is 6.76. The first-order valence-electron chi connectivity index (χ1n) is 10.2. The summed E-state index contributed by atoms with van der Waals surface area (Å²) in [4.78, 5) is 22.6. The lowest BCUT2D eigenvalue weighted by Gasteiger charge is -2.42. The SMILES string of the molecule is COc1ccc(CN2CCC3(CC2)CN(Cc2scnc2C)C(=O)CCO3)cc1. The van der Waals surface area contributed by atoms with Crippen LogP contribution in [0.3, 0.4) is 0 Å². The summed E-state index contributed by atoms with van der Waals surface area (Å²) in [5.74, 6) is 1.08. The van der Waals surface area contributed by atoms with Gasteiger partial charge in [-0.1, -0.05) is 12.1 Å². The number of methoxy groups -OCH3 is 1. The first-order valence-corrected chi connectivity index (χ1v) is 11.1. The van der Waals surface area contributed by atoms with Crippen molar-refractivity contribution in [1.82, 2.24) is 14.8 Å². The maximum absolute atomic E-state index is 12.6. The fourth-order valence-corrected chi connectivity index (χ4v) is 4.99. The average Bonchev–Trinajstić information content (AvgIpc) is 3.07. The maximum Gasteiger partial charge on any atom is 0.225 e. The molecule has 2 aromatic rings. The summed E-state index contributed by atoms with van der Waals surface area (Å²) in [5.41, 5.74) is 3.95. The van der Waals surface area contributed by atoms with Gasteiger partial charge in [-0.25, -0.2) is 4.98 Å². The summed E-state index contributed by atoms with van der Waals surface area (Å²) < 4.78 is 11.5. The van der Waals surface area contributed by atoms with Gasteiger partial charge < -0.3 is 14.4 Å². The Balaban J connectivity index is 1.38.